The third kappa shape index (κ3) is 5.00. The van der Waals surface area contributed by atoms with Crippen molar-refractivity contribution in [3.05, 3.63) is 72.1 Å². The van der Waals surface area contributed by atoms with Crippen LogP contribution in [0.3, 0.4) is 0 Å². The Balaban J connectivity index is 1.27. The Hall–Kier alpha value is -4.01. The molecule has 0 saturated heterocycles. The predicted molar refractivity (Wildman–Crippen MR) is 119 cm³/mol. The lowest BCUT2D eigenvalue weighted by molar-refractivity contribution is -0.129. The summed E-state index contributed by atoms with van der Waals surface area (Å²) in [5.74, 6) is -0.513. The summed E-state index contributed by atoms with van der Waals surface area (Å²) in [5.41, 5.74) is 4.28. The molecule has 0 fully saturated rings. The predicted octanol–water partition coefficient (Wildman–Crippen LogP) is 1.96. The largest absolute Gasteiger partial charge is 0.390 e. The van der Waals surface area contributed by atoms with Crippen LogP contribution in [0.15, 0.2) is 65.9 Å². The molecule has 4 rings (SSSR count). The van der Waals surface area contributed by atoms with Crippen molar-refractivity contribution in [3.63, 3.8) is 0 Å². The van der Waals surface area contributed by atoms with Crippen LogP contribution in [-0.2, 0) is 16.2 Å². The zero-order valence-corrected chi connectivity index (χ0v) is 17.9. The first-order chi connectivity index (χ1) is 15.5. The van der Waals surface area contributed by atoms with Crippen LogP contribution in [0.5, 0.6) is 0 Å². The van der Waals surface area contributed by atoms with Gasteiger partial charge in [0.2, 0.25) is 5.91 Å². The fraction of sp³-hybridized carbons (Fsp3) is 0.261. The summed E-state index contributed by atoms with van der Waals surface area (Å²) in [4.78, 5) is 31.0. The van der Waals surface area contributed by atoms with Crippen molar-refractivity contribution in [2.24, 2.45) is 5.16 Å². The molecule has 1 aliphatic rings. The minimum atomic E-state index is -0.377. The van der Waals surface area contributed by atoms with Gasteiger partial charge in [-0.15, -0.1) is 5.10 Å². The van der Waals surface area contributed by atoms with Crippen molar-refractivity contribution >= 4 is 17.5 Å². The lowest BCUT2D eigenvalue weighted by atomic mass is 10.0. The van der Waals surface area contributed by atoms with E-state index in [0.717, 1.165) is 22.4 Å². The summed E-state index contributed by atoms with van der Waals surface area (Å²) in [7, 11) is 3.31. The molecule has 2 heterocycles. The molecule has 0 radical (unpaired) electrons. The first-order valence-corrected chi connectivity index (χ1v) is 10.3. The number of benzene rings is 2. The van der Waals surface area contributed by atoms with Gasteiger partial charge in [-0.3, -0.25) is 9.59 Å². The third-order valence-electron chi connectivity index (χ3n) is 5.12. The Bertz CT molecular complexity index is 1120. The van der Waals surface area contributed by atoms with E-state index >= 15 is 0 Å². The van der Waals surface area contributed by atoms with Crippen LogP contribution in [0.4, 0.5) is 0 Å². The van der Waals surface area contributed by atoms with Gasteiger partial charge in [0, 0.05) is 20.5 Å². The SMILES string of the molecule is CN(C)C(=O)Cn1cc(C(=O)NC[C@@H]2CC(c3ccc(-c4ccccc4)cc3)=NO2)nn1. The minimum absolute atomic E-state index is 0.0271. The number of carbonyl (C=O) groups is 2. The molecule has 1 aliphatic heterocycles. The van der Waals surface area contributed by atoms with Crippen molar-refractivity contribution in [2.75, 3.05) is 20.6 Å². The molecule has 1 N–H and O–H groups in total. The van der Waals surface area contributed by atoms with E-state index in [1.165, 1.54) is 15.8 Å². The molecule has 2 aromatic carbocycles. The molecule has 0 unspecified atom stereocenters. The molecule has 0 aliphatic carbocycles. The molecule has 0 saturated carbocycles. The highest BCUT2D eigenvalue weighted by molar-refractivity contribution is 6.01. The van der Waals surface area contributed by atoms with Crippen LogP contribution < -0.4 is 5.32 Å². The highest BCUT2D eigenvalue weighted by Gasteiger charge is 2.23. The number of likely N-dealkylation sites (N-methyl/N-ethyl adjacent to an activating group) is 1. The quantitative estimate of drug-likeness (QED) is 0.615. The highest BCUT2D eigenvalue weighted by atomic mass is 16.6. The molecule has 2 amide bonds. The standard InChI is InChI=1S/C23H24N6O3/c1-28(2)22(30)15-29-14-21(25-27-29)23(31)24-13-19-12-20(26-32-19)18-10-8-17(9-11-18)16-6-4-3-5-7-16/h3-11,14,19H,12-13,15H2,1-2H3,(H,24,31)/t19-/m0/s1. The molecule has 164 valence electrons. The van der Waals surface area contributed by atoms with E-state index in [2.05, 4.69) is 45.1 Å². The Morgan fingerprint density at radius 3 is 2.47 bits per heavy atom. The van der Waals surface area contributed by atoms with Crippen LogP contribution in [0.25, 0.3) is 11.1 Å². The van der Waals surface area contributed by atoms with Crippen molar-refractivity contribution in [3.8, 4) is 11.1 Å². The Morgan fingerprint density at radius 1 is 1.06 bits per heavy atom. The smallest absolute Gasteiger partial charge is 0.273 e. The van der Waals surface area contributed by atoms with Gasteiger partial charge >= 0.3 is 0 Å². The van der Waals surface area contributed by atoms with E-state index in [1.807, 2.05) is 30.3 Å². The summed E-state index contributed by atoms with van der Waals surface area (Å²) in [6.45, 7) is 0.316. The van der Waals surface area contributed by atoms with E-state index in [4.69, 9.17) is 4.84 Å². The summed E-state index contributed by atoms with van der Waals surface area (Å²) >= 11 is 0. The first kappa shape index (κ1) is 21.2. The molecular weight excluding hydrogens is 408 g/mol. The van der Waals surface area contributed by atoms with Crippen LogP contribution in [0.1, 0.15) is 22.5 Å². The van der Waals surface area contributed by atoms with E-state index in [1.54, 1.807) is 14.1 Å². The molecule has 1 atom stereocenters. The minimum Gasteiger partial charge on any atom is -0.390 e. The summed E-state index contributed by atoms with van der Waals surface area (Å²) < 4.78 is 1.34. The van der Waals surface area contributed by atoms with E-state index in [-0.39, 0.29) is 36.7 Å². The number of rotatable bonds is 7. The molecular formula is C23H24N6O3. The number of hydrogen-bond donors (Lipinski definition) is 1. The fourth-order valence-electron chi connectivity index (χ4n) is 3.25. The van der Waals surface area contributed by atoms with E-state index in [0.29, 0.717) is 6.42 Å². The fourth-order valence-corrected chi connectivity index (χ4v) is 3.25. The van der Waals surface area contributed by atoms with Gasteiger partial charge in [-0.25, -0.2) is 4.68 Å². The number of nitrogens with zero attached hydrogens (tertiary/aromatic N) is 5. The van der Waals surface area contributed by atoms with Gasteiger partial charge in [0.1, 0.15) is 12.6 Å². The summed E-state index contributed by atoms with van der Waals surface area (Å²) in [5, 5.41) is 14.6. The number of carbonyl (C=O) groups excluding carboxylic acids is 2. The van der Waals surface area contributed by atoms with Crippen LogP contribution in [0, 0.1) is 0 Å². The maximum atomic E-state index is 12.3. The molecule has 0 spiro atoms. The van der Waals surface area contributed by atoms with Crippen LogP contribution in [0.2, 0.25) is 0 Å². The average Bonchev–Trinajstić information content (AvgIpc) is 3.48. The molecule has 3 aromatic rings. The average molecular weight is 432 g/mol. The zero-order chi connectivity index (χ0) is 22.5. The van der Waals surface area contributed by atoms with Gasteiger partial charge in [0.15, 0.2) is 5.69 Å². The lowest BCUT2D eigenvalue weighted by Crippen LogP contribution is -2.32. The molecule has 32 heavy (non-hydrogen) atoms. The van der Waals surface area contributed by atoms with Gasteiger partial charge < -0.3 is 15.1 Å². The molecule has 9 heteroatoms. The van der Waals surface area contributed by atoms with Crippen molar-refractivity contribution < 1.29 is 14.4 Å². The number of amides is 2. The van der Waals surface area contributed by atoms with Crippen LogP contribution >= 0.6 is 0 Å². The zero-order valence-electron chi connectivity index (χ0n) is 17.9. The Kier molecular flexibility index (Phi) is 6.25. The van der Waals surface area contributed by atoms with Gasteiger partial charge in [-0.2, -0.15) is 0 Å². The number of oxime groups is 1. The Morgan fingerprint density at radius 2 is 1.75 bits per heavy atom. The second kappa shape index (κ2) is 9.42. The maximum Gasteiger partial charge on any atom is 0.273 e. The molecule has 9 nitrogen and oxygen atoms in total. The second-order valence-corrected chi connectivity index (χ2v) is 7.71. The number of nitrogens with one attached hydrogen (secondary N) is 1. The van der Waals surface area contributed by atoms with Gasteiger partial charge in [-0.05, 0) is 16.7 Å². The van der Waals surface area contributed by atoms with E-state index < -0.39 is 0 Å². The summed E-state index contributed by atoms with van der Waals surface area (Å²) in [6.07, 6.45) is 1.78. The topological polar surface area (TPSA) is 102 Å². The maximum absolute atomic E-state index is 12.3. The number of aromatic nitrogens is 3. The summed E-state index contributed by atoms with van der Waals surface area (Å²) in [6, 6.07) is 18.3. The monoisotopic (exact) mass is 432 g/mol. The van der Waals surface area contributed by atoms with Gasteiger partial charge in [0.25, 0.3) is 5.91 Å². The van der Waals surface area contributed by atoms with Gasteiger partial charge in [-0.1, -0.05) is 65.0 Å². The molecule has 0 bridgehead atoms. The molecule has 1 aromatic heterocycles. The van der Waals surface area contributed by atoms with Crippen LogP contribution in [-0.4, -0.2) is 64.2 Å². The number of hydrogen-bond acceptors (Lipinski definition) is 6. The third-order valence-corrected chi connectivity index (χ3v) is 5.12. The highest BCUT2D eigenvalue weighted by Crippen LogP contribution is 2.22. The van der Waals surface area contributed by atoms with Crippen molar-refractivity contribution in [1.29, 1.82) is 0 Å². The normalized spacial score (nSPS) is 15.1. The first-order valence-electron chi connectivity index (χ1n) is 10.3. The van der Waals surface area contributed by atoms with Crippen molar-refractivity contribution in [2.45, 2.75) is 19.1 Å². The van der Waals surface area contributed by atoms with Gasteiger partial charge in [0.05, 0.1) is 18.5 Å². The van der Waals surface area contributed by atoms with Crippen molar-refractivity contribution in [1.82, 2.24) is 25.2 Å². The Labute approximate surface area is 185 Å². The van der Waals surface area contributed by atoms with E-state index in [9.17, 15) is 9.59 Å². The second-order valence-electron chi connectivity index (χ2n) is 7.71. The lowest BCUT2D eigenvalue weighted by Gasteiger charge is -2.09.